The molecule has 1 heterocycles. The van der Waals surface area contributed by atoms with Crippen molar-refractivity contribution >= 4 is 17.3 Å². The lowest BCUT2D eigenvalue weighted by molar-refractivity contribution is -0.144. The van der Waals surface area contributed by atoms with Crippen LogP contribution in [0, 0.1) is 17.1 Å². The smallest absolute Gasteiger partial charge is 0.384 e. The highest BCUT2D eigenvalue weighted by atomic mass is 19.4. The maximum Gasteiger partial charge on any atom is 0.451 e. The molecule has 5 nitrogen and oxygen atoms in total. The molecule has 0 spiro atoms. The van der Waals surface area contributed by atoms with E-state index >= 15 is 0 Å². The molecule has 0 aliphatic heterocycles. The summed E-state index contributed by atoms with van der Waals surface area (Å²) in [6, 6.07) is 6.11. The molecule has 0 saturated carbocycles. The lowest BCUT2D eigenvalue weighted by Crippen LogP contribution is -2.13. The van der Waals surface area contributed by atoms with Crippen LogP contribution in [0.2, 0.25) is 0 Å². The Labute approximate surface area is 116 Å². The van der Waals surface area contributed by atoms with Gasteiger partial charge in [0.15, 0.2) is 0 Å². The van der Waals surface area contributed by atoms with Crippen LogP contribution in [-0.2, 0) is 6.18 Å². The number of nitrogens with one attached hydrogen (secondary N) is 1. The first-order valence-corrected chi connectivity index (χ1v) is 5.48. The molecule has 0 radical (unpaired) electrons. The molecule has 1 aromatic heterocycles. The number of hydrogen-bond acceptors (Lipinski definition) is 5. The van der Waals surface area contributed by atoms with E-state index in [0.717, 1.165) is 18.2 Å². The van der Waals surface area contributed by atoms with Crippen LogP contribution >= 0.6 is 0 Å². The van der Waals surface area contributed by atoms with E-state index in [1.807, 2.05) is 0 Å². The summed E-state index contributed by atoms with van der Waals surface area (Å²) in [5, 5.41) is 11.2. The van der Waals surface area contributed by atoms with Crippen LogP contribution in [0.4, 0.5) is 34.9 Å². The number of nitrogens with two attached hydrogens (primary N) is 1. The molecular formula is C12H7F4N5. The Balaban J connectivity index is 2.36. The molecule has 2 rings (SSSR count). The zero-order valence-corrected chi connectivity index (χ0v) is 10.2. The standard InChI is InChI=1S/C12H7F4N5/c13-8-2-1-7(3-6(8)5-17)19-10-4-9(18)20-11(21-10)12(14,15)16/h1-4H,(H3,18,19,20,21). The van der Waals surface area contributed by atoms with Gasteiger partial charge < -0.3 is 11.1 Å². The molecule has 21 heavy (non-hydrogen) atoms. The number of hydrogen-bond donors (Lipinski definition) is 2. The fraction of sp³-hybridized carbons (Fsp3) is 0.0833. The zero-order chi connectivity index (χ0) is 15.6. The molecule has 0 unspecified atom stereocenters. The average molecular weight is 297 g/mol. The number of nitrogen functional groups attached to an aromatic ring is 1. The third kappa shape index (κ3) is 3.36. The number of nitriles is 1. The van der Waals surface area contributed by atoms with Crippen LogP contribution in [0.25, 0.3) is 0 Å². The van der Waals surface area contributed by atoms with Crippen molar-refractivity contribution in [1.82, 2.24) is 9.97 Å². The van der Waals surface area contributed by atoms with E-state index in [9.17, 15) is 17.6 Å². The van der Waals surface area contributed by atoms with Gasteiger partial charge in [0.2, 0.25) is 5.82 Å². The maximum absolute atomic E-state index is 13.1. The van der Waals surface area contributed by atoms with Gasteiger partial charge >= 0.3 is 6.18 Å². The summed E-state index contributed by atoms with van der Waals surface area (Å²) in [7, 11) is 0. The molecule has 0 saturated heterocycles. The molecule has 0 aliphatic carbocycles. The molecule has 2 aromatic rings. The van der Waals surface area contributed by atoms with Gasteiger partial charge in [0.05, 0.1) is 5.56 Å². The van der Waals surface area contributed by atoms with Crippen molar-refractivity contribution < 1.29 is 17.6 Å². The van der Waals surface area contributed by atoms with Gasteiger partial charge in [0.25, 0.3) is 0 Å². The number of nitrogens with zero attached hydrogens (tertiary/aromatic N) is 3. The minimum Gasteiger partial charge on any atom is -0.384 e. The number of anilines is 3. The first kappa shape index (κ1) is 14.5. The number of aromatic nitrogens is 2. The molecule has 1 aromatic carbocycles. The minimum absolute atomic E-state index is 0.194. The lowest BCUT2D eigenvalue weighted by Gasteiger charge is -2.10. The van der Waals surface area contributed by atoms with Crippen molar-refractivity contribution in [2.24, 2.45) is 0 Å². The SMILES string of the molecule is N#Cc1cc(Nc2cc(N)nc(C(F)(F)F)n2)ccc1F. The van der Waals surface area contributed by atoms with Crippen molar-refractivity contribution in [2.75, 3.05) is 11.1 Å². The summed E-state index contributed by atoms with van der Waals surface area (Å²) in [6.45, 7) is 0. The predicted octanol–water partition coefficient (Wildman–Crippen LogP) is 2.83. The molecule has 0 fully saturated rings. The summed E-state index contributed by atoms with van der Waals surface area (Å²) in [5.74, 6) is -2.72. The Bertz CT molecular complexity index is 721. The number of alkyl halides is 3. The summed E-state index contributed by atoms with van der Waals surface area (Å²) < 4.78 is 50.8. The molecule has 3 N–H and O–H groups in total. The Morgan fingerprint density at radius 2 is 1.90 bits per heavy atom. The van der Waals surface area contributed by atoms with Gasteiger partial charge in [-0.2, -0.15) is 18.4 Å². The van der Waals surface area contributed by atoms with Gasteiger partial charge in [-0.05, 0) is 18.2 Å². The van der Waals surface area contributed by atoms with E-state index < -0.39 is 17.8 Å². The van der Waals surface area contributed by atoms with Crippen molar-refractivity contribution in [2.45, 2.75) is 6.18 Å². The summed E-state index contributed by atoms with van der Waals surface area (Å²) in [6.07, 6.45) is -4.74. The molecule has 0 amide bonds. The highest BCUT2D eigenvalue weighted by Crippen LogP contribution is 2.28. The Hall–Kier alpha value is -2.89. The van der Waals surface area contributed by atoms with Crippen LogP contribution in [0.5, 0.6) is 0 Å². The van der Waals surface area contributed by atoms with Crippen molar-refractivity contribution in [3.8, 4) is 6.07 Å². The van der Waals surface area contributed by atoms with Crippen molar-refractivity contribution in [3.63, 3.8) is 0 Å². The van der Waals surface area contributed by atoms with Gasteiger partial charge in [0, 0.05) is 11.8 Å². The summed E-state index contributed by atoms with van der Waals surface area (Å²) in [4.78, 5) is 6.36. The molecular weight excluding hydrogens is 290 g/mol. The fourth-order valence-electron chi connectivity index (χ4n) is 1.49. The highest BCUT2D eigenvalue weighted by Gasteiger charge is 2.35. The van der Waals surface area contributed by atoms with Crippen LogP contribution in [-0.4, -0.2) is 9.97 Å². The van der Waals surface area contributed by atoms with Crippen molar-refractivity contribution in [3.05, 3.63) is 41.5 Å². The Morgan fingerprint density at radius 1 is 1.19 bits per heavy atom. The van der Waals surface area contributed by atoms with E-state index in [-0.39, 0.29) is 22.9 Å². The quantitative estimate of drug-likeness (QED) is 0.832. The van der Waals surface area contributed by atoms with E-state index in [1.54, 1.807) is 6.07 Å². The topological polar surface area (TPSA) is 87.6 Å². The fourth-order valence-corrected chi connectivity index (χ4v) is 1.49. The second kappa shape index (κ2) is 5.24. The monoisotopic (exact) mass is 297 g/mol. The molecule has 9 heteroatoms. The maximum atomic E-state index is 13.1. The third-order valence-corrected chi connectivity index (χ3v) is 2.36. The number of halogens is 4. The summed E-state index contributed by atoms with van der Waals surface area (Å²) in [5.41, 5.74) is 5.23. The largest absolute Gasteiger partial charge is 0.451 e. The average Bonchev–Trinajstić information content (AvgIpc) is 2.39. The van der Waals surface area contributed by atoms with E-state index in [1.165, 1.54) is 6.07 Å². The van der Waals surface area contributed by atoms with Crippen LogP contribution in [0.15, 0.2) is 24.3 Å². The molecule has 0 bridgehead atoms. The van der Waals surface area contributed by atoms with E-state index in [2.05, 4.69) is 15.3 Å². The minimum atomic E-state index is -4.74. The third-order valence-electron chi connectivity index (χ3n) is 2.36. The normalized spacial score (nSPS) is 11.0. The number of benzene rings is 1. The lowest BCUT2D eigenvalue weighted by atomic mass is 10.2. The van der Waals surface area contributed by atoms with Gasteiger partial charge in [-0.1, -0.05) is 0 Å². The molecule has 0 aliphatic rings. The van der Waals surface area contributed by atoms with Crippen LogP contribution < -0.4 is 11.1 Å². The van der Waals surface area contributed by atoms with E-state index in [0.29, 0.717) is 0 Å². The first-order chi connectivity index (χ1) is 9.79. The predicted molar refractivity (Wildman–Crippen MR) is 65.8 cm³/mol. The van der Waals surface area contributed by atoms with Crippen molar-refractivity contribution in [1.29, 1.82) is 5.26 Å². The first-order valence-electron chi connectivity index (χ1n) is 5.48. The molecule has 0 atom stereocenters. The second-order valence-electron chi connectivity index (χ2n) is 3.93. The van der Waals surface area contributed by atoms with Gasteiger partial charge in [-0.25, -0.2) is 14.4 Å². The van der Waals surface area contributed by atoms with Gasteiger partial charge in [-0.3, -0.25) is 0 Å². The van der Waals surface area contributed by atoms with Crippen LogP contribution in [0.3, 0.4) is 0 Å². The van der Waals surface area contributed by atoms with Gasteiger partial charge in [0.1, 0.15) is 23.5 Å². The Kier molecular flexibility index (Phi) is 3.62. The Morgan fingerprint density at radius 3 is 2.52 bits per heavy atom. The van der Waals surface area contributed by atoms with E-state index in [4.69, 9.17) is 11.0 Å². The highest BCUT2D eigenvalue weighted by molar-refractivity contribution is 5.60. The zero-order valence-electron chi connectivity index (χ0n) is 10.2. The van der Waals surface area contributed by atoms with Crippen LogP contribution in [0.1, 0.15) is 11.4 Å². The summed E-state index contributed by atoms with van der Waals surface area (Å²) >= 11 is 0. The number of rotatable bonds is 2. The second-order valence-corrected chi connectivity index (χ2v) is 3.93. The van der Waals surface area contributed by atoms with Gasteiger partial charge in [-0.15, -0.1) is 0 Å². The molecule has 108 valence electrons.